The second-order valence-electron chi connectivity index (χ2n) is 6.02. The van der Waals surface area contributed by atoms with E-state index in [9.17, 15) is 9.59 Å². The van der Waals surface area contributed by atoms with E-state index < -0.39 is 11.8 Å². The van der Waals surface area contributed by atoms with Crippen molar-refractivity contribution in [2.45, 2.75) is 6.61 Å². The molecule has 0 atom stereocenters. The summed E-state index contributed by atoms with van der Waals surface area (Å²) in [5, 5.41) is 0.182. The average Bonchev–Trinajstić information content (AvgIpc) is 2.68. The minimum atomic E-state index is -0.425. The Labute approximate surface area is 171 Å². The zero-order chi connectivity index (χ0) is 19.6. The highest BCUT2D eigenvalue weighted by Gasteiger charge is 2.35. The van der Waals surface area contributed by atoms with Gasteiger partial charge in [0.05, 0.1) is 0 Å². The molecule has 0 bridgehead atoms. The number of nitrogens with zero attached hydrogens (tertiary/aromatic N) is 2. The molecule has 1 fully saturated rings. The first kappa shape index (κ1) is 19.3. The summed E-state index contributed by atoms with van der Waals surface area (Å²) >= 11 is 8.51. The van der Waals surface area contributed by atoms with Crippen LogP contribution < -0.4 is 4.74 Å². The lowest BCUT2D eigenvalue weighted by Crippen LogP contribution is -2.52. The molecule has 2 aromatic carbocycles. The SMILES string of the molecule is CN1C(=O)C(=Cc2ccccc2OCc2ccc(Br)cc2)C(=O)N(C)C1=S. The Morgan fingerprint density at radius 1 is 1.00 bits per heavy atom. The van der Waals surface area contributed by atoms with Crippen LogP contribution in [-0.4, -0.2) is 40.8 Å². The summed E-state index contributed by atoms with van der Waals surface area (Å²) < 4.78 is 6.91. The van der Waals surface area contributed by atoms with Gasteiger partial charge in [-0.3, -0.25) is 19.4 Å². The maximum atomic E-state index is 12.5. The molecule has 0 N–H and O–H groups in total. The zero-order valence-electron chi connectivity index (χ0n) is 14.8. The third-order valence-electron chi connectivity index (χ3n) is 4.17. The third kappa shape index (κ3) is 4.09. The molecule has 2 amide bonds. The summed E-state index contributed by atoms with van der Waals surface area (Å²) in [7, 11) is 3.11. The van der Waals surface area contributed by atoms with Crippen molar-refractivity contribution in [1.82, 2.24) is 9.80 Å². The smallest absolute Gasteiger partial charge is 0.265 e. The van der Waals surface area contributed by atoms with Crippen LogP contribution in [0.25, 0.3) is 6.08 Å². The van der Waals surface area contributed by atoms with Crippen LogP contribution in [-0.2, 0) is 16.2 Å². The van der Waals surface area contributed by atoms with Crippen LogP contribution in [0.5, 0.6) is 5.75 Å². The zero-order valence-corrected chi connectivity index (χ0v) is 17.2. The number of hydrogen-bond donors (Lipinski definition) is 0. The molecular formula is C20H17BrN2O3S. The molecule has 2 aromatic rings. The predicted octanol–water partition coefficient (Wildman–Crippen LogP) is 3.63. The number of rotatable bonds is 4. The second kappa shape index (κ2) is 8.02. The van der Waals surface area contributed by atoms with Crippen molar-refractivity contribution in [3.8, 4) is 5.75 Å². The molecule has 0 unspecified atom stereocenters. The normalized spacial score (nSPS) is 14.6. The monoisotopic (exact) mass is 444 g/mol. The Kier molecular flexibility index (Phi) is 5.72. The number of thiocarbonyl (C=S) groups is 1. The number of benzene rings is 2. The molecule has 0 aliphatic carbocycles. The van der Waals surface area contributed by atoms with Crippen LogP contribution in [0.15, 0.2) is 58.6 Å². The van der Waals surface area contributed by atoms with Crippen molar-refractivity contribution in [1.29, 1.82) is 0 Å². The number of ether oxygens (including phenoxy) is 1. The van der Waals surface area contributed by atoms with Gasteiger partial charge < -0.3 is 4.74 Å². The van der Waals surface area contributed by atoms with Crippen molar-refractivity contribution < 1.29 is 14.3 Å². The van der Waals surface area contributed by atoms with Gasteiger partial charge in [-0.15, -0.1) is 0 Å². The van der Waals surface area contributed by atoms with Crippen LogP contribution in [0, 0.1) is 0 Å². The Bertz CT molecular complexity index is 914. The number of likely N-dealkylation sites (N-methyl/N-ethyl adjacent to an activating group) is 2. The molecule has 3 rings (SSSR count). The van der Waals surface area contributed by atoms with E-state index in [0.29, 0.717) is 17.9 Å². The van der Waals surface area contributed by atoms with Crippen molar-refractivity contribution in [3.05, 3.63) is 69.7 Å². The Morgan fingerprint density at radius 3 is 2.22 bits per heavy atom. The molecule has 1 heterocycles. The molecular weight excluding hydrogens is 428 g/mol. The van der Waals surface area contributed by atoms with E-state index in [-0.39, 0.29) is 10.7 Å². The number of halogens is 1. The fraction of sp³-hybridized carbons (Fsp3) is 0.150. The highest BCUT2D eigenvalue weighted by atomic mass is 79.9. The molecule has 0 radical (unpaired) electrons. The van der Waals surface area contributed by atoms with Gasteiger partial charge in [0.15, 0.2) is 5.11 Å². The Hall–Kier alpha value is -2.51. The molecule has 27 heavy (non-hydrogen) atoms. The molecule has 1 aliphatic heterocycles. The van der Waals surface area contributed by atoms with Crippen molar-refractivity contribution in [2.75, 3.05) is 14.1 Å². The maximum absolute atomic E-state index is 12.5. The average molecular weight is 445 g/mol. The number of amides is 2. The highest BCUT2D eigenvalue weighted by molar-refractivity contribution is 9.10. The van der Waals surface area contributed by atoms with E-state index in [1.807, 2.05) is 36.4 Å². The summed E-state index contributed by atoms with van der Waals surface area (Å²) in [6.45, 7) is 0.374. The van der Waals surface area contributed by atoms with Crippen LogP contribution in [0.3, 0.4) is 0 Å². The molecule has 5 nitrogen and oxygen atoms in total. The van der Waals surface area contributed by atoms with E-state index in [1.54, 1.807) is 32.3 Å². The van der Waals surface area contributed by atoms with Crippen LogP contribution in [0.2, 0.25) is 0 Å². The summed E-state index contributed by atoms with van der Waals surface area (Å²) in [5.41, 5.74) is 1.71. The summed E-state index contributed by atoms with van der Waals surface area (Å²) in [4.78, 5) is 27.6. The summed E-state index contributed by atoms with van der Waals surface area (Å²) in [6, 6.07) is 15.1. The standard InChI is InChI=1S/C20H17BrN2O3S/c1-22-18(24)16(19(25)23(2)20(22)27)11-14-5-3-4-6-17(14)26-12-13-7-9-15(21)10-8-13/h3-11H,12H2,1-2H3. The minimum Gasteiger partial charge on any atom is -0.488 e. The van der Waals surface area contributed by atoms with E-state index >= 15 is 0 Å². The molecule has 1 saturated heterocycles. The van der Waals surface area contributed by atoms with E-state index in [2.05, 4.69) is 15.9 Å². The maximum Gasteiger partial charge on any atom is 0.265 e. The molecule has 1 aliphatic rings. The predicted molar refractivity (Wildman–Crippen MR) is 111 cm³/mol. The summed E-state index contributed by atoms with van der Waals surface area (Å²) in [6.07, 6.45) is 1.55. The number of carbonyl (C=O) groups is 2. The fourth-order valence-electron chi connectivity index (χ4n) is 2.60. The largest absolute Gasteiger partial charge is 0.488 e. The van der Waals surface area contributed by atoms with Gasteiger partial charge in [0.2, 0.25) is 0 Å². The number of carbonyl (C=O) groups excluding carboxylic acids is 2. The first-order chi connectivity index (χ1) is 12.9. The first-order valence-electron chi connectivity index (χ1n) is 8.16. The topological polar surface area (TPSA) is 49.9 Å². The summed E-state index contributed by atoms with van der Waals surface area (Å²) in [5.74, 6) is -0.261. The van der Waals surface area contributed by atoms with Crippen molar-refractivity contribution >= 4 is 51.2 Å². The van der Waals surface area contributed by atoms with E-state index in [4.69, 9.17) is 17.0 Å². The van der Waals surface area contributed by atoms with Gasteiger partial charge in [0, 0.05) is 24.1 Å². The van der Waals surface area contributed by atoms with Gasteiger partial charge in [-0.25, -0.2) is 0 Å². The molecule has 138 valence electrons. The lowest BCUT2D eigenvalue weighted by molar-refractivity contribution is -0.132. The van der Waals surface area contributed by atoms with Gasteiger partial charge in [0.1, 0.15) is 17.9 Å². The Morgan fingerprint density at radius 2 is 1.59 bits per heavy atom. The lowest BCUT2D eigenvalue weighted by atomic mass is 10.1. The van der Waals surface area contributed by atoms with Gasteiger partial charge in [-0.2, -0.15) is 0 Å². The fourth-order valence-corrected chi connectivity index (χ4v) is 3.03. The quantitative estimate of drug-likeness (QED) is 0.410. The van der Waals surface area contributed by atoms with Crippen LogP contribution in [0.4, 0.5) is 0 Å². The van der Waals surface area contributed by atoms with Gasteiger partial charge >= 0.3 is 0 Å². The van der Waals surface area contributed by atoms with Gasteiger partial charge in [-0.1, -0.05) is 46.3 Å². The minimum absolute atomic E-state index is 0.0493. The van der Waals surface area contributed by atoms with Crippen molar-refractivity contribution in [3.63, 3.8) is 0 Å². The third-order valence-corrected chi connectivity index (χ3v) is 5.25. The van der Waals surface area contributed by atoms with Gasteiger partial charge in [0.25, 0.3) is 11.8 Å². The Balaban J connectivity index is 1.88. The number of hydrogen-bond acceptors (Lipinski definition) is 4. The lowest BCUT2D eigenvalue weighted by Gasteiger charge is -2.31. The molecule has 0 saturated carbocycles. The first-order valence-corrected chi connectivity index (χ1v) is 9.36. The number of para-hydroxylation sites is 1. The van der Waals surface area contributed by atoms with E-state index in [1.165, 1.54) is 9.80 Å². The highest BCUT2D eigenvalue weighted by Crippen LogP contribution is 2.25. The molecule has 0 aromatic heterocycles. The van der Waals surface area contributed by atoms with Crippen LogP contribution >= 0.6 is 28.1 Å². The van der Waals surface area contributed by atoms with Crippen molar-refractivity contribution in [2.24, 2.45) is 0 Å². The second-order valence-corrected chi connectivity index (χ2v) is 7.30. The van der Waals surface area contributed by atoms with Gasteiger partial charge in [-0.05, 0) is 42.1 Å². The molecule has 7 heteroatoms. The molecule has 0 spiro atoms. The van der Waals surface area contributed by atoms with Crippen LogP contribution in [0.1, 0.15) is 11.1 Å². The van der Waals surface area contributed by atoms with E-state index in [0.717, 1.165) is 10.0 Å².